The molecule has 2 N–H and O–H groups in total. The molecule has 0 unspecified atom stereocenters. The van der Waals surface area contributed by atoms with Crippen molar-refractivity contribution in [2.75, 3.05) is 19.6 Å². The van der Waals surface area contributed by atoms with E-state index < -0.39 is 0 Å². The maximum Gasteiger partial charge on any atom is 0.222 e. The standard InChI is InChI=1S/C13H28N2O/c1-11(2)9-15(10-12(3)4)13(16)7-5-6-8-14/h11-12H,5-10,14H2,1-4H3. The first-order valence-electron chi connectivity index (χ1n) is 6.45. The highest BCUT2D eigenvalue weighted by Crippen LogP contribution is 2.07. The molecule has 3 nitrogen and oxygen atoms in total. The highest BCUT2D eigenvalue weighted by atomic mass is 16.2. The van der Waals surface area contributed by atoms with Crippen LogP contribution in [0, 0.1) is 11.8 Å². The number of hydrogen-bond acceptors (Lipinski definition) is 2. The summed E-state index contributed by atoms with van der Waals surface area (Å²) in [4.78, 5) is 14.0. The highest BCUT2D eigenvalue weighted by molar-refractivity contribution is 5.76. The Hall–Kier alpha value is -0.570. The van der Waals surface area contributed by atoms with Crippen molar-refractivity contribution in [3.8, 4) is 0 Å². The number of carbonyl (C=O) groups is 1. The van der Waals surface area contributed by atoms with Gasteiger partial charge in [0.05, 0.1) is 0 Å². The van der Waals surface area contributed by atoms with Crippen molar-refractivity contribution < 1.29 is 4.79 Å². The van der Waals surface area contributed by atoms with Gasteiger partial charge in [0.1, 0.15) is 0 Å². The Labute approximate surface area is 100 Å². The molecule has 0 aromatic heterocycles. The topological polar surface area (TPSA) is 46.3 Å². The SMILES string of the molecule is CC(C)CN(CC(C)C)C(=O)CCCCN. The van der Waals surface area contributed by atoms with Crippen LogP contribution in [0.4, 0.5) is 0 Å². The molecule has 0 aromatic carbocycles. The second kappa shape index (κ2) is 8.57. The van der Waals surface area contributed by atoms with Crippen LogP contribution in [0.15, 0.2) is 0 Å². The fourth-order valence-electron chi connectivity index (χ4n) is 1.74. The van der Waals surface area contributed by atoms with Crippen LogP contribution < -0.4 is 5.73 Å². The van der Waals surface area contributed by atoms with E-state index in [1.807, 2.05) is 4.90 Å². The van der Waals surface area contributed by atoms with Crippen LogP contribution in [0.25, 0.3) is 0 Å². The number of unbranched alkanes of at least 4 members (excludes halogenated alkanes) is 1. The lowest BCUT2D eigenvalue weighted by Crippen LogP contribution is -2.36. The lowest BCUT2D eigenvalue weighted by Gasteiger charge is -2.26. The quantitative estimate of drug-likeness (QED) is 0.648. The fourth-order valence-corrected chi connectivity index (χ4v) is 1.74. The van der Waals surface area contributed by atoms with Crippen LogP contribution in [0.5, 0.6) is 0 Å². The third kappa shape index (κ3) is 7.69. The van der Waals surface area contributed by atoms with Gasteiger partial charge in [0.2, 0.25) is 5.91 Å². The van der Waals surface area contributed by atoms with Gasteiger partial charge in [0.15, 0.2) is 0 Å². The van der Waals surface area contributed by atoms with Crippen molar-refractivity contribution in [3.05, 3.63) is 0 Å². The summed E-state index contributed by atoms with van der Waals surface area (Å²) in [7, 11) is 0. The third-order valence-corrected chi connectivity index (χ3v) is 2.37. The summed E-state index contributed by atoms with van der Waals surface area (Å²) in [6.45, 7) is 11.0. The number of rotatable bonds is 8. The summed E-state index contributed by atoms with van der Waals surface area (Å²) in [5.41, 5.74) is 5.43. The Morgan fingerprint density at radius 2 is 1.56 bits per heavy atom. The van der Waals surface area contributed by atoms with Crippen molar-refractivity contribution in [1.82, 2.24) is 4.90 Å². The van der Waals surface area contributed by atoms with Crippen molar-refractivity contribution in [2.24, 2.45) is 17.6 Å². The van der Waals surface area contributed by atoms with Gasteiger partial charge < -0.3 is 10.6 Å². The number of hydrogen-bond donors (Lipinski definition) is 1. The maximum absolute atomic E-state index is 12.0. The minimum Gasteiger partial charge on any atom is -0.342 e. The molecule has 96 valence electrons. The van der Waals surface area contributed by atoms with Crippen LogP contribution in [0.1, 0.15) is 47.0 Å². The van der Waals surface area contributed by atoms with Gasteiger partial charge in [-0.1, -0.05) is 27.7 Å². The van der Waals surface area contributed by atoms with Crippen molar-refractivity contribution in [2.45, 2.75) is 47.0 Å². The summed E-state index contributed by atoms with van der Waals surface area (Å²) in [5, 5.41) is 0. The zero-order valence-corrected chi connectivity index (χ0v) is 11.3. The third-order valence-electron chi connectivity index (χ3n) is 2.37. The number of amides is 1. The predicted octanol–water partition coefficient (Wildman–Crippen LogP) is 2.26. The first kappa shape index (κ1) is 15.4. The molecule has 3 heteroatoms. The van der Waals surface area contributed by atoms with E-state index in [0.717, 1.165) is 25.9 Å². The van der Waals surface area contributed by atoms with Gasteiger partial charge in [-0.2, -0.15) is 0 Å². The van der Waals surface area contributed by atoms with Crippen LogP contribution in [0.3, 0.4) is 0 Å². The van der Waals surface area contributed by atoms with E-state index >= 15 is 0 Å². The first-order chi connectivity index (χ1) is 7.47. The predicted molar refractivity (Wildman–Crippen MR) is 69.2 cm³/mol. The molecule has 0 saturated heterocycles. The minimum absolute atomic E-state index is 0.288. The average molecular weight is 228 g/mol. The van der Waals surface area contributed by atoms with E-state index in [4.69, 9.17) is 5.73 Å². The van der Waals surface area contributed by atoms with Crippen LogP contribution in [-0.4, -0.2) is 30.4 Å². The van der Waals surface area contributed by atoms with E-state index in [1.165, 1.54) is 0 Å². The fraction of sp³-hybridized carbons (Fsp3) is 0.923. The summed E-state index contributed by atoms with van der Waals surface area (Å²) >= 11 is 0. The molecule has 0 aliphatic rings. The van der Waals surface area contributed by atoms with E-state index in [2.05, 4.69) is 27.7 Å². The summed E-state index contributed by atoms with van der Waals surface area (Å²) < 4.78 is 0. The Morgan fingerprint density at radius 1 is 1.06 bits per heavy atom. The molecule has 0 atom stereocenters. The van der Waals surface area contributed by atoms with Gasteiger partial charge >= 0.3 is 0 Å². The van der Waals surface area contributed by atoms with E-state index in [1.54, 1.807) is 0 Å². The van der Waals surface area contributed by atoms with Gasteiger partial charge in [0.25, 0.3) is 0 Å². The molecule has 16 heavy (non-hydrogen) atoms. The molecule has 0 radical (unpaired) electrons. The molecule has 0 saturated carbocycles. The number of carbonyl (C=O) groups excluding carboxylic acids is 1. The van der Waals surface area contributed by atoms with E-state index in [-0.39, 0.29) is 5.91 Å². The molecule has 0 rings (SSSR count). The van der Waals surface area contributed by atoms with Crippen LogP contribution in [-0.2, 0) is 4.79 Å². The van der Waals surface area contributed by atoms with Crippen molar-refractivity contribution >= 4 is 5.91 Å². The Kier molecular flexibility index (Phi) is 8.26. The number of nitrogens with zero attached hydrogens (tertiary/aromatic N) is 1. The van der Waals surface area contributed by atoms with E-state index in [0.29, 0.717) is 24.8 Å². The van der Waals surface area contributed by atoms with E-state index in [9.17, 15) is 4.79 Å². The molecule has 0 heterocycles. The molecule has 0 aliphatic heterocycles. The molecule has 0 fully saturated rings. The summed E-state index contributed by atoms with van der Waals surface area (Å²) in [6, 6.07) is 0. The lowest BCUT2D eigenvalue weighted by atomic mass is 10.1. The molecule has 0 bridgehead atoms. The van der Waals surface area contributed by atoms with Gasteiger partial charge in [-0.3, -0.25) is 4.79 Å². The zero-order chi connectivity index (χ0) is 12.6. The largest absolute Gasteiger partial charge is 0.342 e. The highest BCUT2D eigenvalue weighted by Gasteiger charge is 2.15. The number of nitrogens with two attached hydrogens (primary N) is 1. The maximum atomic E-state index is 12.0. The first-order valence-corrected chi connectivity index (χ1v) is 6.45. The van der Waals surface area contributed by atoms with Crippen LogP contribution >= 0.6 is 0 Å². The smallest absolute Gasteiger partial charge is 0.222 e. The Morgan fingerprint density at radius 3 is 1.94 bits per heavy atom. The van der Waals surface area contributed by atoms with Gasteiger partial charge in [-0.15, -0.1) is 0 Å². The molecular formula is C13H28N2O. The minimum atomic E-state index is 0.288. The second-order valence-corrected chi connectivity index (χ2v) is 5.33. The Bertz CT molecular complexity index is 180. The zero-order valence-electron chi connectivity index (χ0n) is 11.3. The van der Waals surface area contributed by atoms with Gasteiger partial charge in [-0.25, -0.2) is 0 Å². The average Bonchev–Trinajstić information content (AvgIpc) is 2.15. The summed E-state index contributed by atoms with van der Waals surface area (Å²) in [5.74, 6) is 1.37. The normalized spacial score (nSPS) is 11.2. The second-order valence-electron chi connectivity index (χ2n) is 5.33. The monoisotopic (exact) mass is 228 g/mol. The lowest BCUT2D eigenvalue weighted by molar-refractivity contribution is -0.132. The molecular weight excluding hydrogens is 200 g/mol. The molecule has 0 spiro atoms. The van der Waals surface area contributed by atoms with Crippen molar-refractivity contribution in [1.29, 1.82) is 0 Å². The van der Waals surface area contributed by atoms with Crippen molar-refractivity contribution in [3.63, 3.8) is 0 Å². The molecule has 0 aliphatic carbocycles. The van der Waals surface area contributed by atoms with Gasteiger partial charge in [0, 0.05) is 19.5 Å². The Balaban J connectivity index is 4.10. The molecule has 1 amide bonds. The molecule has 0 aromatic rings. The summed E-state index contributed by atoms with van der Waals surface area (Å²) in [6.07, 6.45) is 2.52. The van der Waals surface area contributed by atoms with Crippen LogP contribution in [0.2, 0.25) is 0 Å². The van der Waals surface area contributed by atoms with Gasteiger partial charge in [-0.05, 0) is 31.2 Å².